The Balaban J connectivity index is 2.18. The first-order valence-electron chi connectivity index (χ1n) is 6.06. The predicted octanol–water partition coefficient (Wildman–Crippen LogP) is 2.92. The van der Waals surface area contributed by atoms with Crippen molar-refractivity contribution in [2.24, 2.45) is 0 Å². The van der Waals surface area contributed by atoms with Crippen LogP contribution in [-0.4, -0.2) is 28.1 Å². The second-order valence-corrected chi connectivity index (χ2v) is 5.04. The molecule has 0 aliphatic rings. The number of amides is 1. The number of phenolic OH excluding ortho intramolecular Hbond substituents is 1. The zero-order valence-corrected chi connectivity index (χ0v) is 12.2. The van der Waals surface area contributed by atoms with Crippen LogP contribution in [0.25, 0.3) is 0 Å². The van der Waals surface area contributed by atoms with E-state index in [1.165, 1.54) is 18.2 Å². The number of hydrogen-bond donors (Lipinski definition) is 1. The normalized spacial score (nSPS) is 10.6. The summed E-state index contributed by atoms with van der Waals surface area (Å²) in [6, 6.07) is 4.38. The van der Waals surface area contributed by atoms with Crippen molar-refractivity contribution in [3.63, 3.8) is 0 Å². The van der Waals surface area contributed by atoms with Gasteiger partial charge >= 0.3 is 0 Å². The summed E-state index contributed by atoms with van der Waals surface area (Å²) in [6.07, 6.45) is 0. The number of nitrogens with zero attached hydrogens (tertiary/aromatic N) is 2. The highest BCUT2D eigenvalue weighted by Crippen LogP contribution is 2.24. The Morgan fingerprint density at radius 3 is 2.70 bits per heavy atom. The van der Waals surface area contributed by atoms with Crippen LogP contribution in [0.3, 0.4) is 0 Å². The van der Waals surface area contributed by atoms with E-state index >= 15 is 0 Å². The summed E-state index contributed by atoms with van der Waals surface area (Å²) in [6.45, 7) is 4.05. The Hall–Kier alpha value is -2.01. The van der Waals surface area contributed by atoms with Gasteiger partial charge in [0.2, 0.25) is 0 Å². The van der Waals surface area contributed by atoms with Crippen molar-refractivity contribution >= 4 is 17.5 Å². The van der Waals surface area contributed by atoms with Gasteiger partial charge in [-0.05, 0) is 32.0 Å². The molecule has 0 fully saturated rings. The Morgan fingerprint density at radius 2 is 2.15 bits per heavy atom. The average Bonchev–Trinajstić information content (AvgIpc) is 2.72. The molecule has 1 aromatic carbocycles. The highest BCUT2D eigenvalue weighted by atomic mass is 35.5. The van der Waals surface area contributed by atoms with Crippen molar-refractivity contribution < 1.29 is 14.4 Å². The highest BCUT2D eigenvalue weighted by Gasteiger charge is 2.17. The van der Waals surface area contributed by atoms with Gasteiger partial charge in [0.25, 0.3) is 5.91 Å². The van der Waals surface area contributed by atoms with Crippen LogP contribution in [-0.2, 0) is 6.54 Å². The molecule has 6 heteroatoms. The number of hydrogen-bond acceptors (Lipinski definition) is 4. The quantitative estimate of drug-likeness (QED) is 0.945. The minimum atomic E-state index is -0.188. The van der Waals surface area contributed by atoms with E-state index in [1.807, 2.05) is 13.8 Å². The van der Waals surface area contributed by atoms with Gasteiger partial charge < -0.3 is 14.5 Å². The van der Waals surface area contributed by atoms with Crippen LogP contribution in [0.4, 0.5) is 0 Å². The van der Waals surface area contributed by atoms with Crippen LogP contribution < -0.4 is 0 Å². The first kappa shape index (κ1) is 14.4. The third-order valence-electron chi connectivity index (χ3n) is 3.12. The highest BCUT2D eigenvalue weighted by molar-refractivity contribution is 6.32. The molecule has 0 saturated heterocycles. The minimum Gasteiger partial charge on any atom is -0.506 e. The molecule has 1 aromatic heterocycles. The zero-order valence-electron chi connectivity index (χ0n) is 11.5. The molecule has 2 aromatic rings. The number of benzene rings is 1. The summed E-state index contributed by atoms with van der Waals surface area (Å²) in [7, 11) is 1.69. The van der Waals surface area contributed by atoms with Gasteiger partial charge in [-0.1, -0.05) is 16.8 Å². The minimum absolute atomic E-state index is 0.0448. The van der Waals surface area contributed by atoms with Crippen molar-refractivity contribution in [1.82, 2.24) is 10.1 Å². The van der Waals surface area contributed by atoms with Crippen LogP contribution in [0.5, 0.6) is 5.75 Å². The molecular formula is C14H15ClN2O3. The van der Waals surface area contributed by atoms with Gasteiger partial charge in [-0.2, -0.15) is 0 Å². The van der Waals surface area contributed by atoms with Crippen LogP contribution in [0.15, 0.2) is 22.7 Å². The SMILES string of the molecule is Cc1noc(C)c1CN(C)C(=O)c1ccc(O)c(Cl)c1. The molecule has 5 nitrogen and oxygen atoms in total. The standard InChI is InChI=1S/C14H15ClN2O3/c1-8-11(9(2)20-16-8)7-17(3)14(19)10-4-5-13(18)12(15)6-10/h4-6,18H,7H2,1-3H3. The molecule has 0 saturated carbocycles. The second-order valence-electron chi connectivity index (χ2n) is 4.63. The average molecular weight is 295 g/mol. The number of carbonyl (C=O) groups excluding carboxylic acids is 1. The van der Waals surface area contributed by atoms with E-state index in [-0.39, 0.29) is 16.7 Å². The summed E-state index contributed by atoms with van der Waals surface area (Å²) in [5.41, 5.74) is 2.08. The molecule has 1 heterocycles. The molecule has 0 spiro atoms. The van der Waals surface area contributed by atoms with E-state index in [0.717, 1.165) is 11.3 Å². The van der Waals surface area contributed by atoms with Crippen LogP contribution >= 0.6 is 11.6 Å². The largest absolute Gasteiger partial charge is 0.506 e. The molecule has 1 amide bonds. The van der Waals surface area contributed by atoms with Crippen molar-refractivity contribution in [3.05, 3.63) is 45.8 Å². The molecule has 0 unspecified atom stereocenters. The third kappa shape index (κ3) is 2.77. The van der Waals surface area contributed by atoms with Gasteiger partial charge in [-0.25, -0.2) is 0 Å². The Kier molecular flexibility index (Phi) is 3.99. The lowest BCUT2D eigenvalue weighted by molar-refractivity contribution is 0.0784. The smallest absolute Gasteiger partial charge is 0.253 e. The number of aryl methyl sites for hydroxylation is 2. The number of halogens is 1. The maximum atomic E-state index is 12.3. The predicted molar refractivity (Wildman–Crippen MR) is 74.9 cm³/mol. The van der Waals surface area contributed by atoms with E-state index < -0.39 is 0 Å². The summed E-state index contributed by atoms with van der Waals surface area (Å²) >= 11 is 5.81. The first-order chi connectivity index (χ1) is 9.40. The Bertz CT molecular complexity index is 632. The second kappa shape index (κ2) is 5.54. The van der Waals surface area contributed by atoms with Crippen LogP contribution in [0, 0.1) is 13.8 Å². The fourth-order valence-corrected chi connectivity index (χ4v) is 2.08. The molecule has 20 heavy (non-hydrogen) atoms. The molecule has 2 rings (SSSR count). The van der Waals surface area contributed by atoms with Crippen molar-refractivity contribution in [2.75, 3.05) is 7.05 Å². The van der Waals surface area contributed by atoms with E-state index in [2.05, 4.69) is 5.16 Å². The topological polar surface area (TPSA) is 66.6 Å². The molecule has 1 N–H and O–H groups in total. The summed E-state index contributed by atoms with van der Waals surface area (Å²) in [4.78, 5) is 13.8. The molecular weight excluding hydrogens is 280 g/mol. The molecule has 0 aliphatic carbocycles. The lowest BCUT2D eigenvalue weighted by Gasteiger charge is -2.17. The number of aromatic nitrogens is 1. The van der Waals surface area contributed by atoms with Gasteiger partial charge in [0.15, 0.2) is 0 Å². The van der Waals surface area contributed by atoms with Gasteiger partial charge in [0.1, 0.15) is 11.5 Å². The van der Waals surface area contributed by atoms with Gasteiger partial charge in [0.05, 0.1) is 17.3 Å². The summed E-state index contributed by atoms with van der Waals surface area (Å²) < 4.78 is 5.07. The maximum absolute atomic E-state index is 12.3. The molecule has 0 radical (unpaired) electrons. The van der Waals surface area contributed by atoms with Crippen LogP contribution in [0.1, 0.15) is 27.4 Å². The van der Waals surface area contributed by atoms with Gasteiger partial charge in [-0.15, -0.1) is 0 Å². The third-order valence-corrected chi connectivity index (χ3v) is 3.42. The van der Waals surface area contributed by atoms with Gasteiger partial charge in [-0.3, -0.25) is 4.79 Å². The molecule has 0 bridgehead atoms. The molecule has 0 aliphatic heterocycles. The monoisotopic (exact) mass is 294 g/mol. The van der Waals surface area contributed by atoms with Gasteiger partial charge in [0, 0.05) is 18.2 Å². The summed E-state index contributed by atoms with van der Waals surface area (Å²) in [5, 5.41) is 13.4. The zero-order chi connectivity index (χ0) is 14.9. The number of carbonyl (C=O) groups is 1. The lowest BCUT2D eigenvalue weighted by atomic mass is 10.1. The van der Waals surface area contributed by atoms with Crippen LogP contribution in [0.2, 0.25) is 5.02 Å². The number of aromatic hydroxyl groups is 1. The Morgan fingerprint density at radius 1 is 1.45 bits per heavy atom. The van der Waals surface area contributed by atoms with Crippen molar-refractivity contribution in [2.45, 2.75) is 20.4 Å². The lowest BCUT2D eigenvalue weighted by Crippen LogP contribution is -2.26. The van der Waals surface area contributed by atoms with Crippen molar-refractivity contribution in [3.8, 4) is 5.75 Å². The fraction of sp³-hybridized carbons (Fsp3) is 0.286. The maximum Gasteiger partial charge on any atom is 0.253 e. The fourth-order valence-electron chi connectivity index (χ4n) is 1.90. The van der Waals surface area contributed by atoms with E-state index in [4.69, 9.17) is 16.1 Å². The number of rotatable bonds is 3. The van der Waals surface area contributed by atoms with Crippen molar-refractivity contribution in [1.29, 1.82) is 0 Å². The summed E-state index contributed by atoms with van der Waals surface area (Å²) in [5.74, 6) is 0.467. The molecule has 106 valence electrons. The van der Waals surface area contributed by atoms with E-state index in [1.54, 1.807) is 11.9 Å². The number of phenols is 1. The van der Waals surface area contributed by atoms with E-state index in [0.29, 0.717) is 17.9 Å². The molecule has 0 atom stereocenters. The van der Waals surface area contributed by atoms with E-state index in [9.17, 15) is 9.90 Å². The Labute approximate surface area is 121 Å². The first-order valence-corrected chi connectivity index (χ1v) is 6.43.